The molecule has 0 aliphatic rings. The number of nitrogens with one attached hydrogen (secondary N) is 2. The molecular formula is C15H24N2O3S2. The fourth-order valence-corrected chi connectivity index (χ4v) is 3.18. The predicted octanol–water partition coefficient (Wildman–Crippen LogP) is 2.30. The third kappa shape index (κ3) is 5.62. The number of hydrogen-bond donors (Lipinski definition) is 2. The molecule has 22 heavy (non-hydrogen) atoms. The molecule has 2 N–H and O–H groups in total. The highest BCUT2D eigenvalue weighted by Crippen LogP contribution is 2.18. The summed E-state index contributed by atoms with van der Waals surface area (Å²) < 4.78 is 26.0. The quantitative estimate of drug-likeness (QED) is 0.759. The van der Waals surface area contributed by atoms with Crippen molar-refractivity contribution in [3.8, 4) is 0 Å². The molecular weight excluding hydrogens is 320 g/mol. The molecule has 0 radical (unpaired) electrons. The number of aryl methyl sites for hydroxylation is 1. The van der Waals surface area contributed by atoms with Crippen molar-refractivity contribution in [1.82, 2.24) is 4.72 Å². The van der Waals surface area contributed by atoms with E-state index in [1.54, 1.807) is 18.7 Å². The van der Waals surface area contributed by atoms with Crippen molar-refractivity contribution in [3.05, 3.63) is 29.3 Å². The van der Waals surface area contributed by atoms with Crippen LogP contribution in [0.4, 0.5) is 5.69 Å². The molecule has 1 aromatic rings. The Balaban J connectivity index is 2.89. The number of carbonyl (C=O) groups is 1. The molecule has 1 aromatic carbocycles. The average Bonchev–Trinajstić information content (AvgIpc) is 2.48. The van der Waals surface area contributed by atoms with Crippen molar-refractivity contribution < 1.29 is 13.2 Å². The van der Waals surface area contributed by atoms with Gasteiger partial charge in [0.1, 0.15) is 6.04 Å². The molecule has 124 valence electrons. The lowest BCUT2D eigenvalue weighted by molar-refractivity contribution is -0.117. The Morgan fingerprint density at radius 3 is 2.59 bits per heavy atom. The van der Waals surface area contributed by atoms with Gasteiger partial charge in [-0.1, -0.05) is 12.1 Å². The monoisotopic (exact) mass is 344 g/mol. The molecule has 5 nitrogen and oxygen atoms in total. The van der Waals surface area contributed by atoms with Crippen LogP contribution in [-0.4, -0.2) is 38.1 Å². The molecule has 1 atom stereocenters. The smallest absolute Gasteiger partial charge is 0.242 e. The summed E-state index contributed by atoms with van der Waals surface area (Å²) in [6.07, 6.45) is 2.38. The summed E-state index contributed by atoms with van der Waals surface area (Å²) >= 11 is 1.58. The van der Waals surface area contributed by atoms with Crippen molar-refractivity contribution in [2.45, 2.75) is 33.2 Å². The number of benzene rings is 1. The summed E-state index contributed by atoms with van der Waals surface area (Å²) in [6, 6.07) is 4.90. The zero-order chi connectivity index (χ0) is 16.8. The lowest BCUT2D eigenvalue weighted by Crippen LogP contribution is -2.44. The molecule has 0 saturated carbocycles. The normalized spacial score (nSPS) is 12.9. The summed E-state index contributed by atoms with van der Waals surface area (Å²) in [6.45, 7) is 5.45. The second-order valence-electron chi connectivity index (χ2n) is 5.09. The fraction of sp³-hybridized carbons (Fsp3) is 0.533. The largest absolute Gasteiger partial charge is 0.324 e. The maximum absolute atomic E-state index is 12.4. The minimum atomic E-state index is -3.42. The third-order valence-corrected chi connectivity index (χ3v) is 5.54. The first kappa shape index (κ1) is 19.0. The van der Waals surface area contributed by atoms with E-state index in [1.807, 2.05) is 38.3 Å². The van der Waals surface area contributed by atoms with Gasteiger partial charge in [0.25, 0.3) is 0 Å². The van der Waals surface area contributed by atoms with E-state index >= 15 is 0 Å². The fourth-order valence-electron chi connectivity index (χ4n) is 1.89. The van der Waals surface area contributed by atoms with Gasteiger partial charge in [-0.25, -0.2) is 13.1 Å². The molecule has 0 spiro atoms. The molecule has 0 saturated heterocycles. The minimum Gasteiger partial charge on any atom is -0.324 e. The van der Waals surface area contributed by atoms with Gasteiger partial charge in [-0.05, 0) is 56.4 Å². The van der Waals surface area contributed by atoms with Crippen LogP contribution in [0, 0.1) is 13.8 Å². The molecule has 0 fully saturated rings. The van der Waals surface area contributed by atoms with Crippen molar-refractivity contribution >= 4 is 33.4 Å². The molecule has 1 rings (SSSR count). The van der Waals surface area contributed by atoms with Gasteiger partial charge in [0.2, 0.25) is 15.9 Å². The van der Waals surface area contributed by atoms with E-state index in [0.29, 0.717) is 12.2 Å². The zero-order valence-corrected chi connectivity index (χ0v) is 15.1. The molecule has 1 amide bonds. The van der Waals surface area contributed by atoms with Gasteiger partial charge in [-0.15, -0.1) is 0 Å². The zero-order valence-electron chi connectivity index (χ0n) is 13.5. The van der Waals surface area contributed by atoms with Crippen molar-refractivity contribution in [1.29, 1.82) is 0 Å². The van der Waals surface area contributed by atoms with Gasteiger partial charge in [0.05, 0.1) is 5.75 Å². The Kier molecular flexibility index (Phi) is 7.38. The molecule has 0 aliphatic carbocycles. The van der Waals surface area contributed by atoms with Crippen LogP contribution in [-0.2, 0) is 14.8 Å². The van der Waals surface area contributed by atoms with Gasteiger partial charge in [-0.3, -0.25) is 4.79 Å². The topological polar surface area (TPSA) is 75.3 Å². The Bertz CT molecular complexity index is 615. The summed E-state index contributed by atoms with van der Waals surface area (Å²) in [4.78, 5) is 12.4. The number of anilines is 1. The highest BCUT2D eigenvalue weighted by molar-refractivity contribution is 7.98. The van der Waals surface area contributed by atoms with Crippen LogP contribution in [0.1, 0.15) is 24.5 Å². The van der Waals surface area contributed by atoms with Crippen LogP contribution in [0.3, 0.4) is 0 Å². The van der Waals surface area contributed by atoms with E-state index in [4.69, 9.17) is 0 Å². The van der Waals surface area contributed by atoms with Crippen LogP contribution in [0.15, 0.2) is 18.2 Å². The Morgan fingerprint density at radius 2 is 2.00 bits per heavy atom. The van der Waals surface area contributed by atoms with E-state index in [1.165, 1.54) is 0 Å². The standard InChI is InChI=1S/C15H24N2O3S2/c1-5-22(19,20)17-14(9-10-21-4)15(18)16-13-8-6-7-11(2)12(13)3/h6-8,14,17H,5,9-10H2,1-4H3,(H,16,18)/t14-/m0/s1. The summed E-state index contributed by atoms with van der Waals surface area (Å²) in [5.41, 5.74) is 2.78. The number of carbonyl (C=O) groups excluding carboxylic acids is 1. The van der Waals surface area contributed by atoms with Crippen molar-refractivity contribution in [2.75, 3.05) is 23.1 Å². The van der Waals surface area contributed by atoms with Gasteiger partial charge >= 0.3 is 0 Å². The summed E-state index contributed by atoms with van der Waals surface area (Å²) in [7, 11) is -3.42. The molecule has 0 unspecified atom stereocenters. The summed E-state index contributed by atoms with van der Waals surface area (Å²) in [5.74, 6) is 0.344. The van der Waals surface area contributed by atoms with Crippen LogP contribution in [0.2, 0.25) is 0 Å². The highest BCUT2D eigenvalue weighted by atomic mass is 32.2. The van der Waals surface area contributed by atoms with Crippen molar-refractivity contribution in [2.24, 2.45) is 0 Å². The Hall–Kier alpha value is -1.05. The first-order valence-electron chi connectivity index (χ1n) is 7.16. The second kappa shape index (κ2) is 8.55. The molecule has 7 heteroatoms. The highest BCUT2D eigenvalue weighted by Gasteiger charge is 2.23. The number of amides is 1. The van der Waals surface area contributed by atoms with E-state index in [2.05, 4.69) is 10.0 Å². The SMILES string of the molecule is CCS(=O)(=O)N[C@@H](CCSC)C(=O)Nc1cccc(C)c1C. The molecule has 0 bridgehead atoms. The second-order valence-corrected chi connectivity index (χ2v) is 8.12. The lowest BCUT2D eigenvalue weighted by Gasteiger charge is -2.19. The molecule has 0 aromatic heterocycles. The van der Waals surface area contributed by atoms with Gasteiger partial charge in [0, 0.05) is 5.69 Å². The average molecular weight is 345 g/mol. The number of sulfonamides is 1. The summed E-state index contributed by atoms with van der Waals surface area (Å²) in [5, 5.41) is 2.83. The van der Waals surface area contributed by atoms with E-state index < -0.39 is 16.1 Å². The van der Waals surface area contributed by atoms with E-state index in [9.17, 15) is 13.2 Å². The van der Waals surface area contributed by atoms with Gasteiger partial charge in [-0.2, -0.15) is 11.8 Å². The van der Waals surface area contributed by atoms with Crippen molar-refractivity contribution in [3.63, 3.8) is 0 Å². The van der Waals surface area contributed by atoms with Crippen LogP contribution in [0.5, 0.6) is 0 Å². The third-order valence-electron chi connectivity index (χ3n) is 3.49. The van der Waals surface area contributed by atoms with Crippen LogP contribution >= 0.6 is 11.8 Å². The lowest BCUT2D eigenvalue weighted by atomic mass is 10.1. The molecule has 0 aliphatic heterocycles. The maximum atomic E-state index is 12.4. The van der Waals surface area contributed by atoms with Gasteiger partial charge in [0.15, 0.2) is 0 Å². The number of rotatable bonds is 8. The Morgan fingerprint density at radius 1 is 1.32 bits per heavy atom. The molecule has 0 heterocycles. The number of thioether (sulfide) groups is 1. The number of hydrogen-bond acceptors (Lipinski definition) is 4. The Labute approximate surface area is 137 Å². The van der Waals surface area contributed by atoms with E-state index in [-0.39, 0.29) is 11.7 Å². The van der Waals surface area contributed by atoms with Gasteiger partial charge < -0.3 is 5.32 Å². The maximum Gasteiger partial charge on any atom is 0.242 e. The minimum absolute atomic E-state index is 0.0421. The van der Waals surface area contributed by atoms with Crippen LogP contribution in [0.25, 0.3) is 0 Å². The van der Waals surface area contributed by atoms with E-state index in [0.717, 1.165) is 16.8 Å². The predicted molar refractivity (Wildman–Crippen MR) is 93.9 cm³/mol. The first-order valence-corrected chi connectivity index (χ1v) is 10.2. The first-order chi connectivity index (χ1) is 10.3. The van der Waals surface area contributed by atoms with Crippen LogP contribution < -0.4 is 10.0 Å².